The van der Waals surface area contributed by atoms with Crippen molar-refractivity contribution < 1.29 is 18.8 Å². The van der Waals surface area contributed by atoms with Crippen molar-refractivity contribution in [2.45, 2.75) is 32.6 Å². The first-order chi connectivity index (χ1) is 14.0. The van der Waals surface area contributed by atoms with Crippen LogP contribution in [0.25, 0.3) is 11.4 Å². The summed E-state index contributed by atoms with van der Waals surface area (Å²) in [6.07, 6.45) is 0.607. The molecule has 3 rings (SSSR count). The number of nitrogens with one attached hydrogen (secondary N) is 1. The molecule has 0 aliphatic carbocycles. The number of carbonyl (C=O) groups is 1. The second-order valence-corrected chi connectivity index (χ2v) is 6.91. The number of rotatable bonds is 8. The van der Waals surface area contributed by atoms with Gasteiger partial charge in [-0.3, -0.25) is 4.79 Å². The molecule has 1 heterocycles. The first kappa shape index (κ1) is 20.4. The van der Waals surface area contributed by atoms with Gasteiger partial charge >= 0.3 is 0 Å². The van der Waals surface area contributed by atoms with Gasteiger partial charge in [0.05, 0.1) is 14.2 Å². The molecule has 0 unspecified atom stereocenters. The van der Waals surface area contributed by atoms with Crippen LogP contribution >= 0.6 is 0 Å². The fourth-order valence-corrected chi connectivity index (χ4v) is 2.87. The van der Waals surface area contributed by atoms with Crippen molar-refractivity contribution in [1.82, 2.24) is 10.1 Å². The van der Waals surface area contributed by atoms with Gasteiger partial charge in [0.25, 0.3) is 0 Å². The van der Waals surface area contributed by atoms with Crippen LogP contribution in [0.4, 0.5) is 5.69 Å². The molecule has 152 valence electrons. The number of ether oxygens (including phenoxy) is 2. The number of hydrogen-bond acceptors (Lipinski definition) is 6. The second kappa shape index (κ2) is 9.23. The van der Waals surface area contributed by atoms with Gasteiger partial charge in [0.1, 0.15) is 0 Å². The molecule has 0 fully saturated rings. The Morgan fingerprint density at radius 1 is 1.10 bits per heavy atom. The molecule has 0 atom stereocenters. The highest BCUT2D eigenvalue weighted by Crippen LogP contribution is 2.31. The molecule has 0 aliphatic rings. The number of methoxy groups -OCH3 is 2. The minimum atomic E-state index is -0.100. The van der Waals surface area contributed by atoms with E-state index in [-0.39, 0.29) is 12.3 Å². The van der Waals surface area contributed by atoms with Crippen LogP contribution in [0.15, 0.2) is 47.0 Å². The molecule has 0 aliphatic heterocycles. The standard InChI is InChI=1S/C22H25N3O4/c1-14(2)15-6-5-7-17(12-15)23-20(26)10-11-21-24-22(25-29-21)16-8-9-18(27-3)19(13-16)28-4/h5-9,12-14H,10-11H2,1-4H3,(H,23,26). The molecule has 1 amide bonds. The summed E-state index contributed by atoms with van der Waals surface area (Å²) in [6.45, 7) is 4.24. The van der Waals surface area contributed by atoms with Crippen LogP contribution in [-0.2, 0) is 11.2 Å². The number of hydrogen-bond donors (Lipinski definition) is 1. The maximum Gasteiger partial charge on any atom is 0.227 e. The second-order valence-electron chi connectivity index (χ2n) is 6.91. The van der Waals surface area contributed by atoms with Crippen molar-refractivity contribution in [2.75, 3.05) is 19.5 Å². The van der Waals surface area contributed by atoms with E-state index in [0.29, 0.717) is 35.6 Å². The summed E-state index contributed by atoms with van der Waals surface area (Å²) in [7, 11) is 3.15. The van der Waals surface area contributed by atoms with E-state index < -0.39 is 0 Å². The van der Waals surface area contributed by atoms with E-state index in [2.05, 4.69) is 35.4 Å². The largest absolute Gasteiger partial charge is 0.493 e. The van der Waals surface area contributed by atoms with Crippen molar-refractivity contribution in [3.63, 3.8) is 0 Å². The third-order valence-corrected chi connectivity index (χ3v) is 4.51. The Morgan fingerprint density at radius 2 is 1.90 bits per heavy atom. The number of aryl methyl sites for hydroxylation is 1. The van der Waals surface area contributed by atoms with Crippen LogP contribution in [0.3, 0.4) is 0 Å². The zero-order valence-electron chi connectivity index (χ0n) is 17.1. The normalized spacial score (nSPS) is 10.8. The molecule has 1 N–H and O–H groups in total. The van der Waals surface area contributed by atoms with Crippen molar-refractivity contribution in [3.8, 4) is 22.9 Å². The minimum absolute atomic E-state index is 0.100. The summed E-state index contributed by atoms with van der Waals surface area (Å²) in [5.41, 5.74) is 2.71. The average Bonchev–Trinajstić information content (AvgIpc) is 3.21. The van der Waals surface area contributed by atoms with Crippen molar-refractivity contribution >= 4 is 11.6 Å². The smallest absolute Gasteiger partial charge is 0.227 e. The van der Waals surface area contributed by atoms with Crippen LogP contribution in [0.5, 0.6) is 11.5 Å². The van der Waals surface area contributed by atoms with E-state index in [1.807, 2.05) is 24.3 Å². The highest BCUT2D eigenvalue weighted by Gasteiger charge is 2.13. The molecular weight excluding hydrogens is 370 g/mol. The Hall–Kier alpha value is -3.35. The lowest BCUT2D eigenvalue weighted by Gasteiger charge is -2.09. The van der Waals surface area contributed by atoms with Gasteiger partial charge in [0.15, 0.2) is 11.5 Å². The topological polar surface area (TPSA) is 86.5 Å². The van der Waals surface area contributed by atoms with Crippen LogP contribution < -0.4 is 14.8 Å². The average molecular weight is 395 g/mol. The predicted molar refractivity (Wildman–Crippen MR) is 110 cm³/mol. The molecule has 2 aromatic carbocycles. The SMILES string of the molecule is COc1ccc(-c2noc(CCC(=O)Nc3cccc(C(C)C)c3)n2)cc1OC. The van der Waals surface area contributed by atoms with E-state index in [0.717, 1.165) is 11.3 Å². The molecule has 0 saturated heterocycles. The Morgan fingerprint density at radius 3 is 2.62 bits per heavy atom. The zero-order valence-corrected chi connectivity index (χ0v) is 17.1. The zero-order chi connectivity index (χ0) is 20.8. The van der Waals surface area contributed by atoms with Crippen LogP contribution in [0, 0.1) is 0 Å². The van der Waals surface area contributed by atoms with Crippen LogP contribution in [0.1, 0.15) is 37.6 Å². The molecule has 1 aromatic heterocycles. The highest BCUT2D eigenvalue weighted by molar-refractivity contribution is 5.90. The maximum absolute atomic E-state index is 12.3. The molecule has 0 bridgehead atoms. The molecule has 0 radical (unpaired) electrons. The van der Waals surface area contributed by atoms with Gasteiger partial charge in [0, 0.05) is 24.1 Å². The van der Waals surface area contributed by atoms with Gasteiger partial charge in [-0.1, -0.05) is 31.1 Å². The minimum Gasteiger partial charge on any atom is -0.493 e. The Labute approximate surface area is 170 Å². The van der Waals surface area contributed by atoms with E-state index in [9.17, 15) is 4.79 Å². The summed E-state index contributed by atoms with van der Waals surface area (Å²) in [4.78, 5) is 16.6. The molecule has 7 heteroatoms. The van der Waals surface area contributed by atoms with Gasteiger partial charge in [-0.25, -0.2) is 0 Å². The van der Waals surface area contributed by atoms with Crippen molar-refractivity contribution in [2.24, 2.45) is 0 Å². The van der Waals surface area contributed by atoms with Gasteiger partial charge < -0.3 is 19.3 Å². The Bertz CT molecular complexity index is 982. The molecule has 3 aromatic rings. The Kier molecular flexibility index (Phi) is 6.49. The Balaban J connectivity index is 1.60. The van der Waals surface area contributed by atoms with Crippen molar-refractivity contribution in [3.05, 3.63) is 53.9 Å². The monoisotopic (exact) mass is 395 g/mol. The summed E-state index contributed by atoms with van der Waals surface area (Å²) in [6, 6.07) is 13.2. The number of anilines is 1. The number of carbonyl (C=O) groups excluding carboxylic acids is 1. The van der Waals surface area contributed by atoms with Gasteiger partial charge in [-0.15, -0.1) is 0 Å². The lowest BCUT2D eigenvalue weighted by atomic mass is 10.0. The molecule has 0 saturated carbocycles. The molecule has 7 nitrogen and oxygen atoms in total. The fourth-order valence-electron chi connectivity index (χ4n) is 2.87. The number of aromatic nitrogens is 2. The molecule has 0 spiro atoms. The summed E-state index contributed by atoms with van der Waals surface area (Å²) in [5, 5.41) is 6.91. The quantitative estimate of drug-likeness (QED) is 0.606. The van der Waals surface area contributed by atoms with Gasteiger partial charge in [0.2, 0.25) is 17.6 Å². The molecular formula is C22H25N3O4. The predicted octanol–water partition coefficient (Wildman–Crippen LogP) is 4.45. The van der Waals surface area contributed by atoms with E-state index in [4.69, 9.17) is 14.0 Å². The van der Waals surface area contributed by atoms with E-state index in [1.165, 1.54) is 5.56 Å². The summed E-state index contributed by atoms with van der Waals surface area (Å²) in [5.74, 6) is 2.35. The van der Waals surface area contributed by atoms with E-state index in [1.54, 1.807) is 26.4 Å². The van der Waals surface area contributed by atoms with Gasteiger partial charge in [-0.05, 0) is 41.8 Å². The first-order valence-electron chi connectivity index (χ1n) is 9.45. The molecule has 29 heavy (non-hydrogen) atoms. The third kappa shape index (κ3) is 5.13. The third-order valence-electron chi connectivity index (χ3n) is 4.51. The van der Waals surface area contributed by atoms with Gasteiger partial charge in [-0.2, -0.15) is 4.98 Å². The highest BCUT2D eigenvalue weighted by atomic mass is 16.5. The first-order valence-corrected chi connectivity index (χ1v) is 9.45. The fraction of sp³-hybridized carbons (Fsp3) is 0.318. The lowest BCUT2D eigenvalue weighted by Crippen LogP contribution is -2.12. The maximum atomic E-state index is 12.3. The summed E-state index contributed by atoms with van der Waals surface area (Å²) >= 11 is 0. The number of benzene rings is 2. The van der Waals surface area contributed by atoms with Crippen LogP contribution in [0.2, 0.25) is 0 Å². The van der Waals surface area contributed by atoms with Crippen LogP contribution in [-0.4, -0.2) is 30.3 Å². The number of amides is 1. The van der Waals surface area contributed by atoms with Crippen molar-refractivity contribution in [1.29, 1.82) is 0 Å². The lowest BCUT2D eigenvalue weighted by molar-refractivity contribution is -0.116. The van der Waals surface area contributed by atoms with E-state index >= 15 is 0 Å². The summed E-state index contributed by atoms with van der Waals surface area (Å²) < 4.78 is 15.8. The number of nitrogens with zero attached hydrogens (tertiary/aromatic N) is 2.